The van der Waals surface area contributed by atoms with Gasteiger partial charge in [0.2, 0.25) is 0 Å². The lowest BCUT2D eigenvalue weighted by Gasteiger charge is -2.10. The summed E-state index contributed by atoms with van der Waals surface area (Å²) in [6.07, 6.45) is 3.96. The number of hydrogen-bond donors (Lipinski definition) is 1. The maximum absolute atomic E-state index is 11.8. The van der Waals surface area contributed by atoms with E-state index >= 15 is 0 Å². The van der Waals surface area contributed by atoms with Crippen molar-refractivity contribution in [3.63, 3.8) is 0 Å². The minimum absolute atomic E-state index is 0.0105. The van der Waals surface area contributed by atoms with E-state index in [0.29, 0.717) is 8.81 Å². The van der Waals surface area contributed by atoms with E-state index in [2.05, 4.69) is 20.8 Å². The van der Waals surface area contributed by atoms with Crippen molar-refractivity contribution in [3.05, 3.63) is 14.9 Å². The summed E-state index contributed by atoms with van der Waals surface area (Å²) in [5.74, 6) is 0. The lowest BCUT2D eigenvalue weighted by Crippen LogP contribution is -2.27. The summed E-state index contributed by atoms with van der Waals surface area (Å²) in [4.78, 5) is 7.34. The largest absolute Gasteiger partial charge is 0.284 e. The Bertz CT molecular complexity index is 477. The molecule has 0 saturated heterocycles. The zero-order chi connectivity index (χ0) is 12.5. The normalized spacial score (nSPS) is 17.8. The molecule has 1 aromatic rings. The van der Waals surface area contributed by atoms with E-state index < -0.39 is 10.0 Å². The maximum atomic E-state index is 11.8. The smallest absolute Gasteiger partial charge is 0.272 e. The van der Waals surface area contributed by atoms with E-state index in [-0.39, 0.29) is 10.3 Å². The first-order valence-electron chi connectivity index (χ1n) is 5.11. The Morgan fingerprint density at radius 2 is 2.12 bits per heavy atom. The van der Waals surface area contributed by atoms with Crippen LogP contribution in [0.1, 0.15) is 25.7 Å². The molecule has 1 heterocycles. The molecule has 0 aromatic carbocycles. The van der Waals surface area contributed by atoms with Gasteiger partial charge in [0.15, 0.2) is 0 Å². The van der Waals surface area contributed by atoms with Crippen LogP contribution in [0.25, 0.3) is 0 Å². The number of hydrogen-bond acceptors (Lipinski definition) is 4. The third-order valence-electron chi connectivity index (χ3n) is 2.51. The number of thiophene rings is 1. The summed E-state index contributed by atoms with van der Waals surface area (Å²) >= 11 is 10.0. The lowest BCUT2D eigenvalue weighted by atomic mass is 10.3. The molecule has 0 radical (unpaired) electrons. The highest BCUT2D eigenvalue weighted by molar-refractivity contribution is 9.11. The first kappa shape index (κ1) is 13.8. The Hall–Kier alpha value is 0.340. The molecular formula is C9H11BrClNO3S2. The maximum Gasteiger partial charge on any atom is 0.272 e. The van der Waals surface area contributed by atoms with Gasteiger partial charge in [-0.3, -0.25) is 4.84 Å². The van der Waals surface area contributed by atoms with Gasteiger partial charge in [0.05, 0.1) is 14.9 Å². The standard InChI is InChI=1S/C9H11BrClNO3S2/c10-9-7(11)5-8(16-9)17(13,14)12-15-6-3-1-2-4-6/h5-6,12H,1-4H2. The molecule has 96 valence electrons. The Morgan fingerprint density at radius 3 is 2.65 bits per heavy atom. The summed E-state index contributed by atoms with van der Waals surface area (Å²) in [5.41, 5.74) is 0. The molecule has 0 unspecified atom stereocenters. The third kappa shape index (κ3) is 3.42. The van der Waals surface area contributed by atoms with Crippen LogP contribution in [-0.4, -0.2) is 14.5 Å². The molecule has 17 heavy (non-hydrogen) atoms. The summed E-state index contributed by atoms with van der Waals surface area (Å²) in [6.45, 7) is 0. The van der Waals surface area contributed by atoms with Gasteiger partial charge in [0, 0.05) is 0 Å². The fourth-order valence-corrected chi connectivity index (χ4v) is 4.87. The van der Waals surface area contributed by atoms with Gasteiger partial charge in [0.1, 0.15) is 4.21 Å². The molecule has 0 aliphatic heterocycles. The number of halogens is 2. The van der Waals surface area contributed by atoms with Crippen molar-refractivity contribution in [1.82, 2.24) is 4.89 Å². The predicted octanol–water partition coefficient (Wildman–Crippen LogP) is 3.32. The number of nitrogens with one attached hydrogen (secondary N) is 1. The molecule has 1 aliphatic carbocycles. The average molecular weight is 361 g/mol. The number of rotatable bonds is 4. The second-order valence-electron chi connectivity index (χ2n) is 3.80. The third-order valence-corrected chi connectivity index (χ3v) is 6.65. The predicted molar refractivity (Wildman–Crippen MR) is 70.7 cm³/mol. The van der Waals surface area contributed by atoms with Crippen LogP contribution >= 0.6 is 38.9 Å². The molecule has 4 nitrogen and oxygen atoms in total. The Kier molecular flexibility index (Phi) is 4.49. The van der Waals surface area contributed by atoms with E-state index in [4.69, 9.17) is 16.4 Å². The molecular weight excluding hydrogens is 350 g/mol. The van der Waals surface area contributed by atoms with Crippen molar-refractivity contribution < 1.29 is 13.3 Å². The monoisotopic (exact) mass is 359 g/mol. The van der Waals surface area contributed by atoms with Crippen LogP contribution in [0.2, 0.25) is 5.02 Å². The van der Waals surface area contributed by atoms with Crippen LogP contribution in [0.5, 0.6) is 0 Å². The number of sulfonamides is 1. The first-order chi connectivity index (χ1) is 7.99. The molecule has 0 atom stereocenters. The molecule has 2 rings (SSSR count). The summed E-state index contributed by atoms with van der Waals surface area (Å²) in [7, 11) is -3.62. The highest BCUT2D eigenvalue weighted by atomic mass is 79.9. The van der Waals surface area contributed by atoms with Crippen molar-refractivity contribution in [2.45, 2.75) is 36.0 Å². The van der Waals surface area contributed by atoms with Gasteiger partial charge in [0.25, 0.3) is 10.0 Å². The van der Waals surface area contributed by atoms with Crippen molar-refractivity contribution >= 4 is 48.9 Å². The minimum atomic E-state index is -3.62. The SMILES string of the molecule is O=S(=O)(NOC1CCCC1)c1cc(Cl)c(Br)s1. The fourth-order valence-electron chi connectivity index (χ4n) is 1.64. The Morgan fingerprint density at radius 1 is 1.47 bits per heavy atom. The second-order valence-corrected chi connectivity index (χ2v) is 8.45. The molecule has 8 heteroatoms. The second kappa shape index (κ2) is 5.54. The van der Waals surface area contributed by atoms with Crippen molar-refractivity contribution in [2.75, 3.05) is 0 Å². The topological polar surface area (TPSA) is 55.4 Å². The molecule has 1 aromatic heterocycles. The zero-order valence-corrected chi connectivity index (χ0v) is 12.8. The molecule has 1 fully saturated rings. The summed E-state index contributed by atoms with van der Waals surface area (Å²) in [5, 5.41) is 0.385. The van der Waals surface area contributed by atoms with Crippen molar-refractivity contribution in [2.24, 2.45) is 0 Å². The van der Waals surface area contributed by atoms with Gasteiger partial charge in [-0.25, -0.2) is 8.42 Å². The van der Waals surface area contributed by atoms with Gasteiger partial charge in [-0.2, -0.15) is 0 Å². The average Bonchev–Trinajstić information content (AvgIpc) is 2.87. The van der Waals surface area contributed by atoms with Crippen LogP contribution < -0.4 is 4.89 Å². The molecule has 0 bridgehead atoms. The quantitative estimate of drug-likeness (QED) is 0.838. The van der Waals surface area contributed by atoms with Gasteiger partial charge >= 0.3 is 0 Å². The van der Waals surface area contributed by atoms with Crippen LogP contribution in [0.15, 0.2) is 14.1 Å². The summed E-state index contributed by atoms with van der Waals surface area (Å²) in [6, 6.07) is 1.40. The van der Waals surface area contributed by atoms with Crippen LogP contribution in [0, 0.1) is 0 Å². The van der Waals surface area contributed by atoms with Gasteiger partial charge in [-0.05, 0) is 34.8 Å². The van der Waals surface area contributed by atoms with Gasteiger partial charge in [-0.15, -0.1) is 11.3 Å². The van der Waals surface area contributed by atoms with E-state index in [0.717, 1.165) is 37.0 Å². The molecule has 0 spiro atoms. The first-order valence-corrected chi connectivity index (χ1v) is 8.58. The Labute approximate surface area is 117 Å². The van der Waals surface area contributed by atoms with E-state index in [1.807, 2.05) is 0 Å². The van der Waals surface area contributed by atoms with Crippen molar-refractivity contribution in [1.29, 1.82) is 0 Å². The molecule has 1 saturated carbocycles. The van der Waals surface area contributed by atoms with Crippen LogP contribution in [0.3, 0.4) is 0 Å². The van der Waals surface area contributed by atoms with Crippen molar-refractivity contribution in [3.8, 4) is 0 Å². The molecule has 1 N–H and O–H groups in total. The van der Waals surface area contributed by atoms with E-state index in [1.54, 1.807) is 0 Å². The Balaban J connectivity index is 2.03. The fraction of sp³-hybridized carbons (Fsp3) is 0.556. The van der Waals surface area contributed by atoms with Gasteiger partial charge in [-0.1, -0.05) is 29.3 Å². The highest BCUT2D eigenvalue weighted by Gasteiger charge is 2.22. The van der Waals surface area contributed by atoms with Gasteiger partial charge < -0.3 is 0 Å². The van der Waals surface area contributed by atoms with Crippen LogP contribution in [0.4, 0.5) is 0 Å². The summed E-state index contributed by atoms with van der Waals surface area (Å²) < 4.78 is 24.4. The molecule has 1 aliphatic rings. The van der Waals surface area contributed by atoms with E-state index in [1.165, 1.54) is 6.07 Å². The zero-order valence-electron chi connectivity index (χ0n) is 8.78. The van der Waals surface area contributed by atoms with E-state index in [9.17, 15) is 8.42 Å². The minimum Gasteiger partial charge on any atom is -0.284 e. The molecule has 0 amide bonds. The lowest BCUT2D eigenvalue weighted by molar-refractivity contribution is 0.0224. The van der Waals surface area contributed by atoms with Crippen LogP contribution in [-0.2, 0) is 14.9 Å². The highest BCUT2D eigenvalue weighted by Crippen LogP contribution is 2.34.